The maximum Gasteiger partial charge on any atom is 0.316 e. The molecule has 1 aliphatic carbocycles. The van der Waals surface area contributed by atoms with Gasteiger partial charge >= 0.3 is 6.03 Å². The minimum absolute atomic E-state index is 0. The van der Waals surface area contributed by atoms with Gasteiger partial charge in [0.05, 0.1) is 12.6 Å². The largest absolute Gasteiger partial charge is 0.351 e. The number of primary amides is 1. The van der Waals surface area contributed by atoms with Crippen molar-refractivity contribution in [1.82, 2.24) is 10.6 Å². The molecule has 5 N–H and O–H groups in total. The molecule has 1 aromatic carbocycles. The molecule has 1 unspecified atom stereocenters. The molecule has 1 fully saturated rings. The van der Waals surface area contributed by atoms with Crippen molar-refractivity contribution in [2.45, 2.75) is 25.8 Å². The first-order valence-corrected chi connectivity index (χ1v) is 7.21. The summed E-state index contributed by atoms with van der Waals surface area (Å²) in [6, 6.07) is 6.55. The van der Waals surface area contributed by atoms with Crippen LogP contribution in [0.2, 0.25) is 0 Å². The Bertz CT molecular complexity index is 503. The van der Waals surface area contributed by atoms with E-state index in [0.717, 1.165) is 18.0 Å². The molecule has 0 bridgehead atoms. The Morgan fingerprint density at radius 1 is 1.27 bits per heavy atom. The Balaban J connectivity index is 0.00000242. The molecule has 1 saturated carbocycles. The number of benzene rings is 1. The lowest BCUT2D eigenvalue weighted by atomic mass is 10.1. The average molecular weight is 327 g/mol. The molecule has 0 aromatic heterocycles. The summed E-state index contributed by atoms with van der Waals surface area (Å²) in [5, 5.41) is 8.60. The van der Waals surface area contributed by atoms with Crippen LogP contribution >= 0.6 is 12.4 Å². The topological polar surface area (TPSA) is 96.2 Å². The molecule has 7 heteroatoms. The molecular formula is C15H23ClN4O2. The number of nitrogens with one attached hydrogen (secondary N) is 3. The number of hydrogen-bond donors (Lipinski definition) is 4. The third kappa shape index (κ3) is 6.32. The van der Waals surface area contributed by atoms with Gasteiger partial charge in [0.2, 0.25) is 5.91 Å². The van der Waals surface area contributed by atoms with Gasteiger partial charge in [-0.25, -0.2) is 4.79 Å². The van der Waals surface area contributed by atoms with Crippen molar-refractivity contribution in [1.29, 1.82) is 0 Å². The van der Waals surface area contributed by atoms with Gasteiger partial charge in [-0.3, -0.25) is 4.79 Å². The lowest BCUT2D eigenvalue weighted by Gasteiger charge is -2.15. The molecule has 122 valence electrons. The zero-order chi connectivity index (χ0) is 15.2. The van der Waals surface area contributed by atoms with Crippen molar-refractivity contribution in [3.8, 4) is 0 Å². The monoisotopic (exact) mass is 326 g/mol. The molecule has 0 aliphatic heterocycles. The first kappa shape index (κ1) is 18.3. The molecular weight excluding hydrogens is 304 g/mol. The number of nitrogens with two attached hydrogens (primary N) is 1. The van der Waals surface area contributed by atoms with Gasteiger partial charge in [-0.2, -0.15) is 0 Å². The van der Waals surface area contributed by atoms with Crippen LogP contribution in [0.5, 0.6) is 0 Å². The summed E-state index contributed by atoms with van der Waals surface area (Å²) in [6.07, 6.45) is 2.55. The highest BCUT2D eigenvalue weighted by Crippen LogP contribution is 2.27. The van der Waals surface area contributed by atoms with Gasteiger partial charge in [-0.1, -0.05) is 12.1 Å². The average Bonchev–Trinajstić information content (AvgIpc) is 3.23. The number of carbonyl (C=O) groups is 2. The van der Waals surface area contributed by atoms with Crippen molar-refractivity contribution in [3.05, 3.63) is 29.8 Å². The number of amides is 3. The van der Waals surface area contributed by atoms with Gasteiger partial charge in [-0.15, -0.1) is 12.4 Å². The van der Waals surface area contributed by atoms with Gasteiger partial charge < -0.3 is 21.7 Å². The smallest absolute Gasteiger partial charge is 0.316 e. The van der Waals surface area contributed by atoms with Crippen molar-refractivity contribution < 1.29 is 9.59 Å². The summed E-state index contributed by atoms with van der Waals surface area (Å²) in [6.45, 7) is 3.20. The quantitative estimate of drug-likeness (QED) is 0.615. The first-order valence-electron chi connectivity index (χ1n) is 7.21. The normalized spacial score (nSPS) is 14.6. The molecule has 0 radical (unpaired) electrons. The molecule has 0 spiro atoms. The predicted octanol–water partition coefficient (Wildman–Crippen LogP) is 1.78. The molecule has 1 aliphatic rings. The van der Waals surface area contributed by atoms with Crippen molar-refractivity contribution in [3.63, 3.8) is 0 Å². The van der Waals surface area contributed by atoms with E-state index >= 15 is 0 Å². The molecule has 6 nitrogen and oxygen atoms in total. The van der Waals surface area contributed by atoms with Crippen LogP contribution in [0.3, 0.4) is 0 Å². The van der Waals surface area contributed by atoms with E-state index in [1.54, 1.807) is 12.1 Å². The van der Waals surface area contributed by atoms with Crippen LogP contribution in [0, 0.1) is 5.92 Å². The fourth-order valence-electron chi connectivity index (χ4n) is 2.09. The number of halogens is 1. The summed E-state index contributed by atoms with van der Waals surface area (Å²) >= 11 is 0. The van der Waals surface area contributed by atoms with Crippen LogP contribution in [0.1, 0.15) is 31.4 Å². The third-order valence-corrected chi connectivity index (χ3v) is 3.47. The third-order valence-electron chi connectivity index (χ3n) is 3.47. The number of rotatable bonds is 7. The zero-order valence-electron chi connectivity index (χ0n) is 12.6. The highest BCUT2D eigenvalue weighted by atomic mass is 35.5. The fraction of sp³-hybridized carbons (Fsp3) is 0.467. The van der Waals surface area contributed by atoms with Gasteiger partial charge in [0.15, 0.2) is 0 Å². The number of hydrogen-bond acceptors (Lipinski definition) is 3. The summed E-state index contributed by atoms with van der Waals surface area (Å²) < 4.78 is 0. The van der Waals surface area contributed by atoms with E-state index in [0.29, 0.717) is 12.2 Å². The minimum Gasteiger partial charge on any atom is -0.351 e. The van der Waals surface area contributed by atoms with Crippen LogP contribution in [0.4, 0.5) is 10.5 Å². The second kappa shape index (κ2) is 8.60. The predicted molar refractivity (Wildman–Crippen MR) is 89.0 cm³/mol. The summed E-state index contributed by atoms with van der Waals surface area (Å²) in [4.78, 5) is 22.5. The number of urea groups is 1. The molecule has 1 aromatic rings. The Kier molecular flexibility index (Phi) is 7.14. The standard InChI is InChI=1S/C15H22N4O2.ClH/c1-10(18-14(20)9-17-8-11-2-3-11)12-4-6-13(7-5-12)19-15(16)21;/h4-7,10-11,17H,2-3,8-9H2,1H3,(H,18,20)(H3,16,19,21);1H. The van der Waals surface area contributed by atoms with Crippen LogP contribution in [-0.2, 0) is 4.79 Å². The van der Waals surface area contributed by atoms with Crippen LogP contribution < -0.4 is 21.7 Å². The van der Waals surface area contributed by atoms with E-state index in [1.165, 1.54) is 12.8 Å². The Hall–Kier alpha value is -1.79. The van der Waals surface area contributed by atoms with Gasteiger partial charge in [0, 0.05) is 5.69 Å². The maximum atomic E-state index is 11.8. The van der Waals surface area contributed by atoms with Crippen molar-refractivity contribution in [2.75, 3.05) is 18.4 Å². The van der Waals surface area contributed by atoms with E-state index in [1.807, 2.05) is 19.1 Å². The van der Waals surface area contributed by atoms with Crippen LogP contribution in [0.25, 0.3) is 0 Å². The minimum atomic E-state index is -0.592. The van der Waals surface area contributed by atoms with Gasteiger partial charge in [0.25, 0.3) is 0 Å². The highest BCUT2D eigenvalue weighted by Gasteiger charge is 2.20. The molecule has 1 atom stereocenters. The second-order valence-electron chi connectivity index (χ2n) is 5.47. The SMILES string of the molecule is CC(NC(=O)CNCC1CC1)c1ccc(NC(N)=O)cc1.Cl. The van der Waals surface area contributed by atoms with Gasteiger partial charge in [0.1, 0.15) is 0 Å². The van der Waals surface area contributed by atoms with Gasteiger partial charge in [-0.05, 0) is 49.9 Å². The molecule has 0 saturated heterocycles. The lowest BCUT2D eigenvalue weighted by molar-refractivity contribution is -0.120. The molecule has 22 heavy (non-hydrogen) atoms. The maximum absolute atomic E-state index is 11.8. The van der Waals surface area contributed by atoms with Crippen LogP contribution in [-0.4, -0.2) is 25.0 Å². The Labute approximate surface area is 136 Å². The summed E-state index contributed by atoms with van der Waals surface area (Å²) in [5.74, 6) is 0.753. The molecule has 3 amide bonds. The number of anilines is 1. The van der Waals surface area contributed by atoms with Crippen molar-refractivity contribution >= 4 is 30.0 Å². The Morgan fingerprint density at radius 3 is 2.45 bits per heavy atom. The van der Waals surface area contributed by atoms with E-state index in [-0.39, 0.29) is 24.4 Å². The lowest BCUT2D eigenvalue weighted by Crippen LogP contribution is -2.36. The number of carbonyl (C=O) groups excluding carboxylic acids is 2. The van der Waals surface area contributed by atoms with E-state index < -0.39 is 6.03 Å². The van der Waals surface area contributed by atoms with E-state index in [4.69, 9.17) is 5.73 Å². The fourth-order valence-corrected chi connectivity index (χ4v) is 2.09. The second-order valence-corrected chi connectivity index (χ2v) is 5.47. The zero-order valence-corrected chi connectivity index (χ0v) is 13.4. The molecule has 0 heterocycles. The summed E-state index contributed by atoms with van der Waals surface area (Å²) in [5.41, 5.74) is 6.65. The van der Waals surface area contributed by atoms with E-state index in [9.17, 15) is 9.59 Å². The first-order chi connectivity index (χ1) is 10.0. The van der Waals surface area contributed by atoms with Crippen LogP contribution in [0.15, 0.2) is 24.3 Å². The Morgan fingerprint density at radius 2 is 1.91 bits per heavy atom. The highest BCUT2D eigenvalue weighted by molar-refractivity contribution is 5.87. The molecule has 2 rings (SSSR count). The van der Waals surface area contributed by atoms with E-state index in [2.05, 4.69) is 16.0 Å². The van der Waals surface area contributed by atoms with Crippen molar-refractivity contribution in [2.24, 2.45) is 11.7 Å². The summed E-state index contributed by atoms with van der Waals surface area (Å²) in [7, 11) is 0.